The molecular weight excluding hydrogens is 248 g/mol. The number of fused-ring (bicyclic) bond motifs is 1. The Kier molecular flexibility index (Phi) is 3.09. The Morgan fingerprint density at radius 1 is 1.44 bits per heavy atom. The second kappa shape index (κ2) is 4.30. The van der Waals surface area contributed by atoms with Gasteiger partial charge in [0.05, 0.1) is 10.4 Å². The molecule has 0 unspecified atom stereocenters. The number of benzene rings is 1. The Labute approximate surface area is 108 Å². The third-order valence-electron chi connectivity index (χ3n) is 2.85. The summed E-state index contributed by atoms with van der Waals surface area (Å²) in [6.45, 7) is 4.15. The maximum atomic E-state index is 12.2. The minimum Gasteiger partial charge on any atom is -0.384 e. The van der Waals surface area contributed by atoms with Gasteiger partial charge in [0.15, 0.2) is 0 Å². The SMILES string of the molecule is C#CC(C)(C)NS(=O)(=O)c1ccc2c(c1)CCN2. The van der Waals surface area contributed by atoms with Crippen molar-refractivity contribution in [3.63, 3.8) is 0 Å². The molecule has 0 aliphatic carbocycles. The van der Waals surface area contributed by atoms with E-state index in [1.165, 1.54) is 0 Å². The molecular formula is C13H16N2O2S. The Bertz CT molecular complexity index is 612. The van der Waals surface area contributed by atoms with Gasteiger partial charge in [-0.1, -0.05) is 5.92 Å². The average molecular weight is 264 g/mol. The van der Waals surface area contributed by atoms with Gasteiger partial charge in [0, 0.05) is 12.2 Å². The van der Waals surface area contributed by atoms with Crippen LogP contribution in [0.15, 0.2) is 23.1 Å². The van der Waals surface area contributed by atoms with Gasteiger partial charge >= 0.3 is 0 Å². The maximum absolute atomic E-state index is 12.2. The Balaban J connectivity index is 2.34. The predicted octanol–water partition coefficient (Wildman–Crippen LogP) is 1.34. The Hall–Kier alpha value is -1.51. The fourth-order valence-electron chi connectivity index (χ4n) is 1.87. The van der Waals surface area contributed by atoms with E-state index in [0.29, 0.717) is 0 Å². The van der Waals surface area contributed by atoms with Crippen LogP contribution in [-0.2, 0) is 16.4 Å². The molecule has 0 bridgehead atoms. The van der Waals surface area contributed by atoms with E-state index in [-0.39, 0.29) is 4.90 Å². The first kappa shape index (κ1) is 12.9. The van der Waals surface area contributed by atoms with E-state index in [4.69, 9.17) is 6.42 Å². The summed E-state index contributed by atoms with van der Waals surface area (Å²) in [7, 11) is -3.57. The molecule has 0 saturated heterocycles. The highest BCUT2D eigenvalue weighted by Crippen LogP contribution is 2.25. The Morgan fingerprint density at radius 3 is 2.83 bits per heavy atom. The molecule has 0 atom stereocenters. The number of rotatable bonds is 3. The minimum absolute atomic E-state index is 0.258. The van der Waals surface area contributed by atoms with Crippen LogP contribution in [0.5, 0.6) is 0 Å². The molecule has 1 heterocycles. The summed E-state index contributed by atoms with van der Waals surface area (Å²) in [4.78, 5) is 0.258. The fourth-order valence-corrected chi connectivity index (χ4v) is 3.27. The normalized spacial score (nSPS) is 14.7. The summed E-state index contributed by atoms with van der Waals surface area (Å²) in [5.41, 5.74) is 1.14. The van der Waals surface area contributed by atoms with E-state index >= 15 is 0 Å². The van der Waals surface area contributed by atoms with Crippen molar-refractivity contribution in [3.05, 3.63) is 23.8 Å². The first-order valence-corrected chi connectivity index (χ1v) is 7.21. The lowest BCUT2D eigenvalue weighted by Crippen LogP contribution is -2.41. The largest absolute Gasteiger partial charge is 0.384 e. The highest BCUT2D eigenvalue weighted by molar-refractivity contribution is 7.89. The van der Waals surface area contributed by atoms with Gasteiger partial charge in [0.25, 0.3) is 0 Å². The van der Waals surface area contributed by atoms with Crippen LogP contribution in [0.2, 0.25) is 0 Å². The van der Waals surface area contributed by atoms with Gasteiger partial charge in [0.2, 0.25) is 10.0 Å². The first-order chi connectivity index (χ1) is 8.34. The molecule has 0 fully saturated rings. The summed E-state index contributed by atoms with van der Waals surface area (Å²) >= 11 is 0. The van der Waals surface area contributed by atoms with E-state index < -0.39 is 15.6 Å². The molecule has 1 aromatic rings. The molecule has 2 rings (SSSR count). The van der Waals surface area contributed by atoms with Crippen molar-refractivity contribution in [1.29, 1.82) is 0 Å². The van der Waals surface area contributed by atoms with E-state index in [1.54, 1.807) is 32.0 Å². The monoisotopic (exact) mass is 264 g/mol. The zero-order chi connectivity index (χ0) is 13.4. The number of nitrogens with one attached hydrogen (secondary N) is 2. The van der Waals surface area contributed by atoms with Crippen molar-refractivity contribution in [2.45, 2.75) is 30.7 Å². The molecule has 4 nitrogen and oxygen atoms in total. The van der Waals surface area contributed by atoms with Crippen LogP contribution in [0.25, 0.3) is 0 Å². The number of anilines is 1. The first-order valence-electron chi connectivity index (χ1n) is 5.73. The van der Waals surface area contributed by atoms with Crippen molar-refractivity contribution in [3.8, 4) is 12.3 Å². The van der Waals surface area contributed by atoms with Crippen LogP contribution < -0.4 is 10.0 Å². The lowest BCUT2D eigenvalue weighted by Gasteiger charge is -2.19. The zero-order valence-electron chi connectivity index (χ0n) is 10.4. The van der Waals surface area contributed by atoms with Crippen LogP contribution in [-0.4, -0.2) is 20.5 Å². The second-order valence-electron chi connectivity index (χ2n) is 4.87. The number of terminal acetylenes is 1. The van der Waals surface area contributed by atoms with Crippen molar-refractivity contribution in [2.24, 2.45) is 0 Å². The summed E-state index contributed by atoms with van der Waals surface area (Å²) in [5.74, 6) is 2.42. The topological polar surface area (TPSA) is 58.2 Å². The number of sulfonamides is 1. The van der Waals surface area contributed by atoms with Gasteiger partial charge in [0.1, 0.15) is 0 Å². The molecule has 2 N–H and O–H groups in total. The van der Waals surface area contributed by atoms with Gasteiger partial charge < -0.3 is 5.32 Å². The molecule has 96 valence electrons. The van der Waals surface area contributed by atoms with Gasteiger partial charge in [-0.3, -0.25) is 0 Å². The number of hydrogen-bond donors (Lipinski definition) is 2. The maximum Gasteiger partial charge on any atom is 0.241 e. The van der Waals surface area contributed by atoms with Crippen LogP contribution in [0.1, 0.15) is 19.4 Å². The standard InChI is InChI=1S/C13H16N2O2S/c1-4-13(2,3)15-18(16,17)11-5-6-12-10(9-11)7-8-14-12/h1,5-6,9,14-15H,7-8H2,2-3H3. The Morgan fingerprint density at radius 2 is 2.17 bits per heavy atom. The zero-order valence-corrected chi connectivity index (χ0v) is 11.3. The summed E-state index contributed by atoms with van der Waals surface area (Å²) < 4.78 is 26.9. The summed E-state index contributed by atoms with van der Waals surface area (Å²) in [6.07, 6.45) is 6.14. The molecule has 1 aliphatic heterocycles. The molecule has 5 heteroatoms. The van der Waals surface area contributed by atoms with Gasteiger partial charge in [-0.2, -0.15) is 4.72 Å². The molecule has 0 radical (unpaired) electrons. The second-order valence-corrected chi connectivity index (χ2v) is 6.55. The highest BCUT2D eigenvalue weighted by atomic mass is 32.2. The molecule has 0 spiro atoms. The highest BCUT2D eigenvalue weighted by Gasteiger charge is 2.25. The molecule has 1 aromatic carbocycles. The van der Waals surface area contributed by atoms with Gasteiger partial charge in [-0.05, 0) is 44.0 Å². The number of hydrogen-bond acceptors (Lipinski definition) is 3. The lowest BCUT2D eigenvalue weighted by molar-refractivity contribution is 0.539. The molecule has 18 heavy (non-hydrogen) atoms. The lowest BCUT2D eigenvalue weighted by atomic mass is 10.1. The van der Waals surface area contributed by atoms with Gasteiger partial charge in [-0.15, -0.1) is 6.42 Å². The summed E-state index contributed by atoms with van der Waals surface area (Å²) in [5, 5.41) is 3.19. The van der Waals surface area contributed by atoms with Crippen LogP contribution in [0.4, 0.5) is 5.69 Å². The van der Waals surface area contributed by atoms with Crippen LogP contribution in [0, 0.1) is 12.3 Å². The van der Waals surface area contributed by atoms with Crippen LogP contribution >= 0.6 is 0 Å². The van der Waals surface area contributed by atoms with E-state index in [0.717, 1.165) is 24.2 Å². The third-order valence-corrected chi connectivity index (χ3v) is 4.50. The van der Waals surface area contributed by atoms with Gasteiger partial charge in [-0.25, -0.2) is 8.42 Å². The van der Waals surface area contributed by atoms with Crippen molar-refractivity contribution >= 4 is 15.7 Å². The minimum atomic E-state index is -3.57. The molecule has 0 saturated carbocycles. The summed E-state index contributed by atoms with van der Waals surface area (Å²) in [6, 6.07) is 5.08. The predicted molar refractivity (Wildman–Crippen MR) is 71.9 cm³/mol. The van der Waals surface area contributed by atoms with E-state index in [2.05, 4.69) is 16.0 Å². The fraction of sp³-hybridized carbons (Fsp3) is 0.385. The quantitative estimate of drug-likeness (QED) is 0.810. The molecule has 0 aromatic heterocycles. The van der Waals surface area contributed by atoms with Crippen molar-refractivity contribution < 1.29 is 8.42 Å². The van der Waals surface area contributed by atoms with E-state index in [1.807, 2.05) is 0 Å². The average Bonchev–Trinajstić information content (AvgIpc) is 2.74. The van der Waals surface area contributed by atoms with Crippen molar-refractivity contribution in [2.75, 3.05) is 11.9 Å². The smallest absolute Gasteiger partial charge is 0.241 e. The third kappa shape index (κ3) is 2.50. The van der Waals surface area contributed by atoms with Crippen molar-refractivity contribution in [1.82, 2.24) is 4.72 Å². The molecule has 0 amide bonds. The van der Waals surface area contributed by atoms with E-state index in [9.17, 15) is 8.42 Å². The van der Waals surface area contributed by atoms with Crippen LogP contribution in [0.3, 0.4) is 0 Å². The molecule has 1 aliphatic rings.